The summed E-state index contributed by atoms with van der Waals surface area (Å²) in [5, 5.41) is 6.22. The summed E-state index contributed by atoms with van der Waals surface area (Å²) in [5.41, 5.74) is 0.996. The van der Waals surface area contributed by atoms with Gasteiger partial charge in [0.2, 0.25) is 6.79 Å². The molecule has 2 N–H and O–H groups in total. The van der Waals surface area contributed by atoms with Gasteiger partial charge in [0.1, 0.15) is 5.56 Å². The molecule has 2 aliphatic heterocycles. The molecule has 1 saturated heterocycles. The van der Waals surface area contributed by atoms with Crippen LogP contribution in [-0.2, 0) is 11.3 Å². The molecule has 160 valence electrons. The largest absolute Gasteiger partial charge is 0.454 e. The van der Waals surface area contributed by atoms with Crippen LogP contribution in [-0.4, -0.2) is 49.6 Å². The Kier molecular flexibility index (Phi) is 5.78. The fourth-order valence-electron chi connectivity index (χ4n) is 3.97. The fourth-order valence-corrected chi connectivity index (χ4v) is 3.97. The van der Waals surface area contributed by atoms with Crippen molar-refractivity contribution in [2.75, 3.05) is 33.5 Å². The molecule has 2 aliphatic rings. The quantitative estimate of drug-likeness (QED) is 0.745. The van der Waals surface area contributed by atoms with Gasteiger partial charge in [-0.2, -0.15) is 0 Å². The lowest BCUT2D eigenvalue weighted by Gasteiger charge is -2.36. The average Bonchev–Trinajstić information content (AvgIpc) is 3.23. The minimum Gasteiger partial charge on any atom is -0.454 e. The summed E-state index contributed by atoms with van der Waals surface area (Å²) < 4.78 is 18.0. The van der Waals surface area contributed by atoms with E-state index >= 15 is 0 Å². The second-order valence-corrected chi connectivity index (χ2v) is 7.81. The molecule has 1 amide bonds. The lowest BCUT2D eigenvalue weighted by atomic mass is 9.92. The number of hydrogen-bond donors (Lipinski definition) is 2. The lowest BCUT2D eigenvalue weighted by Crippen LogP contribution is -2.51. The maximum absolute atomic E-state index is 13.1. The Morgan fingerprint density at radius 1 is 1.23 bits per heavy atom. The Balaban J connectivity index is 1.52. The van der Waals surface area contributed by atoms with Gasteiger partial charge in [0.25, 0.3) is 11.5 Å². The zero-order chi connectivity index (χ0) is 21.1. The van der Waals surface area contributed by atoms with E-state index in [1.54, 1.807) is 26.3 Å². The normalized spacial score (nSPS) is 17.0. The third kappa shape index (κ3) is 4.06. The maximum Gasteiger partial charge on any atom is 0.263 e. The van der Waals surface area contributed by atoms with E-state index in [0.717, 1.165) is 31.5 Å². The first-order valence-electron chi connectivity index (χ1n) is 10.1. The Bertz CT molecular complexity index is 995. The number of hydrogen-bond acceptors (Lipinski definition) is 6. The van der Waals surface area contributed by atoms with E-state index in [2.05, 4.69) is 10.6 Å². The molecule has 30 heavy (non-hydrogen) atoms. The van der Waals surface area contributed by atoms with E-state index in [9.17, 15) is 9.59 Å². The molecule has 0 atom stereocenters. The van der Waals surface area contributed by atoms with E-state index in [-0.39, 0.29) is 23.8 Å². The van der Waals surface area contributed by atoms with Gasteiger partial charge in [-0.05, 0) is 62.2 Å². The molecule has 0 unspecified atom stereocenters. The molecule has 1 aromatic heterocycles. The topological polar surface area (TPSA) is 90.8 Å². The highest BCUT2D eigenvalue weighted by Gasteiger charge is 2.32. The van der Waals surface area contributed by atoms with Crippen molar-refractivity contribution in [2.45, 2.75) is 31.9 Å². The number of carbonyl (C=O) groups excluding carboxylic acids is 1. The van der Waals surface area contributed by atoms with E-state index in [1.807, 2.05) is 18.2 Å². The van der Waals surface area contributed by atoms with Crippen molar-refractivity contribution in [3.05, 3.63) is 57.5 Å². The lowest BCUT2D eigenvalue weighted by molar-refractivity contribution is -0.0313. The molecule has 8 heteroatoms. The van der Waals surface area contributed by atoms with E-state index < -0.39 is 5.60 Å². The zero-order valence-corrected chi connectivity index (χ0v) is 17.3. The molecule has 0 aliphatic carbocycles. The van der Waals surface area contributed by atoms with Crippen LogP contribution in [0.25, 0.3) is 0 Å². The van der Waals surface area contributed by atoms with E-state index in [1.165, 1.54) is 4.57 Å². The number of fused-ring (bicyclic) bond motifs is 1. The highest BCUT2D eigenvalue weighted by molar-refractivity contribution is 5.95. The molecule has 2 aromatic rings. The Morgan fingerprint density at radius 2 is 2.00 bits per heavy atom. The van der Waals surface area contributed by atoms with Crippen LogP contribution in [0.5, 0.6) is 11.5 Å². The molecule has 8 nitrogen and oxygen atoms in total. The van der Waals surface area contributed by atoms with Crippen molar-refractivity contribution in [3.8, 4) is 11.5 Å². The number of nitrogens with zero attached hydrogens (tertiary/aromatic N) is 1. The van der Waals surface area contributed by atoms with Gasteiger partial charge in [-0.3, -0.25) is 9.59 Å². The number of ether oxygens (including phenoxy) is 3. The number of nitrogens with one attached hydrogen (secondary N) is 2. The number of rotatable bonds is 6. The minimum atomic E-state index is -0.394. The van der Waals surface area contributed by atoms with Gasteiger partial charge in [-0.25, -0.2) is 0 Å². The van der Waals surface area contributed by atoms with Crippen molar-refractivity contribution in [2.24, 2.45) is 0 Å². The second-order valence-electron chi connectivity index (χ2n) is 7.81. The average molecular weight is 413 g/mol. The monoisotopic (exact) mass is 413 g/mol. The third-order valence-electron chi connectivity index (χ3n) is 5.91. The molecule has 0 saturated carbocycles. The number of pyridine rings is 1. The van der Waals surface area contributed by atoms with Crippen LogP contribution in [0.1, 0.15) is 34.3 Å². The number of benzene rings is 1. The molecule has 1 fully saturated rings. The summed E-state index contributed by atoms with van der Waals surface area (Å²) in [7, 11) is 1.67. The summed E-state index contributed by atoms with van der Waals surface area (Å²) in [6, 6.07) is 7.36. The van der Waals surface area contributed by atoms with E-state index in [0.29, 0.717) is 30.2 Å². The predicted molar refractivity (Wildman–Crippen MR) is 111 cm³/mol. The van der Waals surface area contributed by atoms with Crippen molar-refractivity contribution < 1.29 is 19.0 Å². The molecule has 0 bridgehead atoms. The van der Waals surface area contributed by atoms with Gasteiger partial charge < -0.3 is 29.4 Å². The van der Waals surface area contributed by atoms with Crippen molar-refractivity contribution >= 4 is 5.91 Å². The zero-order valence-electron chi connectivity index (χ0n) is 17.3. The maximum atomic E-state index is 13.1. The standard InChI is InChI=1S/C22H27N3O5/c1-15-5-10-25(12-16-3-4-17-18(11-16)30-14-29-17)21(27)19(15)20(26)24-13-22(28-2)6-8-23-9-7-22/h3-5,10-11,23H,6-9,12-14H2,1-2H3,(H,24,26). The first kappa shape index (κ1) is 20.4. The van der Waals surface area contributed by atoms with Gasteiger partial charge in [0, 0.05) is 19.9 Å². The summed E-state index contributed by atoms with van der Waals surface area (Å²) >= 11 is 0. The predicted octanol–water partition coefficient (Wildman–Crippen LogP) is 1.43. The number of carbonyl (C=O) groups is 1. The van der Waals surface area contributed by atoms with Crippen LogP contribution >= 0.6 is 0 Å². The molecule has 4 rings (SSSR count). The van der Waals surface area contributed by atoms with Gasteiger partial charge in [-0.15, -0.1) is 0 Å². The highest BCUT2D eigenvalue weighted by atomic mass is 16.7. The summed E-state index contributed by atoms with van der Waals surface area (Å²) in [5.74, 6) is 0.991. The van der Waals surface area contributed by atoms with Gasteiger partial charge in [0.05, 0.1) is 12.1 Å². The molecule has 0 spiro atoms. The first-order valence-corrected chi connectivity index (χ1v) is 10.1. The van der Waals surface area contributed by atoms with Gasteiger partial charge in [0.15, 0.2) is 11.5 Å². The highest BCUT2D eigenvalue weighted by Crippen LogP contribution is 2.32. The Labute approximate surface area is 175 Å². The van der Waals surface area contributed by atoms with Crippen LogP contribution in [0.15, 0.2) is 35.3 Å². The molecule has 1 aromatic carbocycles. The summed E-state index contributed by atoms with van der Waals surface area (Å²) in [6.45, 7) is 4.38. The van der Waals surface area contributed by atoms with Gasteiger partial charge in [-0.1, -0.05) is 6.07 Å². The minimum absolute atomic E-state index is 0.165. The fraction of sp³-hybridized carbons (Fsp3) is 0.455. The van der Waals surface area contributed by atoms with Crippen LogP contribution in [0.3, 0.4) is 0 Å². The number of piperidine rings is 1. The first-order chi connectivity index (χ1) is 14.5. The molecule has 3 heterocycles. The van der Waals surface area contributed by atoms with Gasteiger partial charge >= 0.3 is 0 Å². The smallest absolute Gasteiger partial charge is 0.263 e. The van der Waals surface area contributed by atoms with Crippen molar-refractivity contribution in [3.63, 3.8) is 0 Å². The van der Waals surface area contributed by atoms with Crippen LogP contribution in [0.2, 0.25) is 0 Å². The summed E-state index contributed by atoms with van der Waals surface area (Å²) in [4.78, 5) is 26.0. The number of amides is 1. The van der Waals surface area contributed by atoms with Crippen LogP contribution in [0.4, 0.5) is 0 Å². The number of methoxy groups -OCH3 is 1. The van der Waals surface area contributed by atoms with Crippen molar-refractivity contribution in [1.29, 1.82) is 0 Å². The number of aryl methyl sites for hydroxylation is 1. The SMILES string of the molecule is COC1(CNC(=O)c2c(C)ccn(Cc3ccc4c(c3)OCO4)c2=O)CCNCC1. The van der Waals surface area contributed by atoms with E-state index in [4.69, 9.17) is 14.2 Å². The number of aromatic nitrogens is 1. The van der Waals surface area contributed by atoms with Crippen LogP contribution < -0.4 is 25.7 Å². The molecular formula is C22H27N3O5. The Hall–Kier alpha value is -2.84. The van der Waals surface area contributed by atoms with Crippen molar-refractivity contribution in [1.82, 2.24) is 15.2 Å². The second kappa shape index (κ2) is 8.49. The summed E-state index contributed by atoms with van der Waals surface area (Å²) in [6.07, 6.45) is 3.33. The molecule has 0 radical (unpaired) electrons. The molecular weight excluding hydrogens is 386 g/mol. The third-order valence-corrected chi connectivity index (χ3v) is 5.91. The Morgan fingerprint density at radius 3 is 2.77 bits per heavy atom. The van der Waals surface area contributed by atoms with Crippen LogP contribution in [0, 0.1) is 6.92 Å².